The van der Waals surface area contributed by atoms with E-state index in [1.165, 1.54) is 4.57 Å². The number of anilines is 1. The van der Waals surface area contributed by atoms with Crippen LogP contribution in [0.5, 0.6) is 0 Å². The van der Waals surface area contributed by atoms with Crippen LogP contribution in [0.25, 0.3) is 0 Å². The molecule has 88 valence electrons. The average Bonchev–Trinajstić information content (AvgIpc) is 2.62. The zero-order chi connectivity index (χ0) is 11.8. The van der Waals surface area contributed by atoms with Crippen molar-refractivity contribution < 1.29 is 9.84 Å². The van der Waals surface area contributed by atoms with Crippen LogP contribution in [0.4, 0.5) is 5.82 Å². The first-order chi connectivity index (χ1) is 7.54. The minimum absolute atomic E-state index is 0.0423. The van der Waals surface area contributed by atoms with Gasteiger partial charge in [0, 0.05) is 18.0 Å². The van der Waals surface area contributed by atoms with Gasteiger partial charge in [0.15, 0.2) is 0 Å². The van der Waals surface area contributed by atoms with Crippen LogP contribution in [0.3, 0.4) is 0 Å². The number of hydrogen-bond acceptors (Lipinski definition) is 5. The van der Waals surface area contributed by atoms with Gasteiger partial charge in [-0.15, -0.1) is 0 Å². The van der Waals surface area contributed by atoms with Crippen molar-refractivity contribution in [2.75, 3.05) is 18.9 Å². The van der Waals surface area contributed by atoms with E-state index in [9.17, 15) is 9.90 Å². The second kappa shape index (κ2) is 3.88. The summed E-state index contributed by atoms with van der Waals surface area (Å²) in [5.74, 6) is 0.198. The van der Waals surface area contributed by atoms with E-state index >= 15 is 0 Å². The van der Waals surface area contributed by atoms with Gasteiger partial charge in [0.25, 0.3) is 0 Å². The van der Waals surface area contributed by atoms with E-state index < -0.39 is 5.69 Å². The summed E-state index contributed by atoms with van der Waals surface area (Å²) < 4.78 is 6.89. The lowest BCUT2D eigenvalue weighted by Crippen LogP contribution is -2.27. The minimum atomic E-state index is -0.424. The molecule has 16 heavy (non-hydrogen) atoms. The topological polar surface area (TPSA) is 90.4 Å². The fourth-order valence-corrected chi connectivity index (χ4v) is 1.77. The van der Waals surface area contributed by atoms with Gasteiger partial charge in [-0.3, -0.25) is 4.57 Å². The van der Waals surface area contributed by atoms with E-state index in [2.05, 4.69) is 4.98 Å². The van der Waals surface area contributed by atoms with E-state index in [4.69, 9.17) is 10.5 Å². The Morgan fingerprint density at radius 1 is 1.81 bits per heavy atom. The molecule has 6 nitrogen and oxygen atoms in total. The molecule has 0 aliphatic carbocycles. The molecule has 1 aromatic heterocycles. The molecule has 2 rings (SSSR count). The number of aliphatic hydroxyl groups is 1. The Morgan fingerprint density at radius 2 is 2.56 bits per heavy atom. The molecule has 0 unspecified atom stereocenters. The number of nitrogen functional groups attached to an aromatic ring is 1. The van der Waals surface area contributed by atoms with Gasteiger partial charge >= 0.3 is 5.69 Å². The number of ether oxygens (including phenoxy) is 1. The van der Waals surface area contributed by atoms with Gasteiger partial charge in [-0.1, -0.05) is 6.92 Å². The van der Waals surface area contributed by atoms with E-state index in [1.54, 1.807) is 12.3 Å². The summed E-state index contributed by atoms with van der Waals surface area (Å²) in [5, 5.41) is 9.20. The molecule has 0 bridgehead atoms. The zero-order valence-electron chi connectivity index (χ0n) is 9.09. The van der Waals surface area contributed by atoms with Crippen LogP contribution in [0, 0.1) is 5.41 Å². The van der Waals surface area contributed by atoms with Gasteiger partial charge in [-0.05, 0) is 6.07 Å². The first kappa shape index (κ1) is 11.1. The molecule has 3 N–H and O–H groups in total. The minimum Gasteiger partial charge on any atom is -0.396 e. The summed E-state index contributed by atoms with van der Waals surface area (Å²) in [4.78, 5) is 15.2. The van der Waals surface area contributed by atoms with Crippen LogP contribution in [-0.2, 0) is 4.74 Å². The summed E-state index contributed by atoms with van der Waals surface area (Å²) in [6.07, 6.45) is 1.80. The van der Waals surface area contributed by atoms with Crippen molar-refractivity contribution in [1.29, 1.82) is 0 Å². The van der Waals surface area contributed by atoms with Crippen molar-refractivity contribution in [3.63, 3.8) is 0 Å². The largest absolute Gasteiger partial charge is 0.396 e. The monoisotopic (exact) mass is 225 g/mol. The summed E-state index contributed by atoms with van der Waals surface area (Å²) >= 11 is 0. The summed E-state index contributed by atoms with van der Waals surface area (Å²) in [5.41, 5.74) is 4.69. The number of rotatable bonds is 2. The fraction of sp³-hybridized carbons (Fsp3) is 0.600. The Hall–Kier alpha value is -1.40. The van der Waals surface area contributed by atoms with E-state index in [0.717, 1.165) is 0 Å². The highest BCUT2D eigenvalue weighted by molar-refractivity contribution is 5.23. The predicted molar refractivity (Wildman–Crippen MR) is 57.7 cm³/mol. The van der Waals surface area contributed by atoms with Crippen molar-refractivity contribution in [3.8, 4) is 0 Å². The van der Waals surface area contributed by atoms with E-state index in [-0.39, 0.29) is 24.1 Å². The van der Waals surface area contributed by atoms with Crippen molar-refractivity contribution in [2.45, 2.75) is 19.6 Å². The quantitative estimate of drug-likeness (QED) is 0.724. The molecule has 0 saturated carbocycles. The summed E-state index contributed by atoms with van der Waals surface area (Å²) in [7, 11) is 0. The molecule has 0 radical (unpaired) electrons. The number of nitrogens with zero attached hydrogens (tertiary/aromatic N) is 2. The third-order valence-electron chi connectivity index (χ3n) is 2.84. The maximum atomic E-state index is 11.6. The maximum Gasteiger partial charge on any atom is 0.351 e. The highest BCUT2D eigenvalue weighted by atomic mass is 16.5. The number of hydrogen-bond donors (Lipinski definition) is 2. The van der Waals surface area contributed by atoms with Crippen LogP contribution in [-0.4, -0.2) is 27.9 Å². The third-order valence-corrected chi connectivity index (χ3v) is 2.84. The van der Waals surface area contributed by atoms with E-state index in [1.807, 2.05) is 6.92 Å². The molecule has 1 aromatic rings. The Balaban J connectivity index is 2.24. The van der Waals surface area contributed by atoms with Gasteiger partial charge < -0.3 is 15.6 Å². The van der Waals surface area contributed by atoms with Crippen LogP contribution < -0.4 is 11.4 Å². The Kier molecular flexibility index (Phi) is 2.69. The summed E-state index contributed by atoms with van der Waals surface area (Å²) in [6.45, 7) is 2.40. The normalized spacial score (nSPS) is 29.5. The molecule has 1 fully saturated rings. The van der Waals surface area contributed by atoms with Crippen LogP contribution in [0.15, 0.2) is 17.1 Å². The molecule has 2 atom stereocenters. The highest BCUT2D eigenvalue weighted by Crippen LogP contribution is 2.36. The molecule has 0 spiro atoms. The second-order valence-electron chi connectivity index (χ2n) is 4.48. The van der Waals surface area contributed by atoms with Gasteiger partial charge in [-0.2, -0.15) is 4.98 Å². The first-order valence-electron chi connectivity index (χ1n) is 5.11. The van der Waals surface area contributed by atoms with Crippen molar-refractivity contribution in [2.24, 2.45) is 5.41 Å². The maximum absolute atomic E-state index is 11.6. The highest BCUT2D eigenvalue weighted by Gasteiger charge is 2.36. The number of aromatic nitrogens is 2. The first-order valence-corrected chi connectivity index (χ1v) is 5.11. The van der Waals surface area contributed by atoms with Crippen molar-refractivity contribution in [3.05, 3.63) is 22.7 Å². The molecular weight excluding hydrogens is 210 g/mol. The van der Waals surface area contributed by atoms with Gasteiger partial charge in [0.1, 0.15) is 12.0 Å². The molecule has 0 aromatic carbocycles. The summed E-state index contributed by atoms with van der Waals surface area (Å²) in [6, 6.07) is 1.55. The van der Waals surface area contributed by atoms with Gasteiger partial charge in [0.05, 0.1) is 13.2 Å². The van der Waals surface area contributed by atoms with Crippen molar-refractivity contribution in [1.82, 2.24) is 9.55 Å². The molecule has 1 saturated heterocycles. The fourth-order valence-electron chi connectivity index (χ4n) is 1.77. The molecule has 1 aliphatic heterocycles. The molecular formula is C10H15N3O3. The third kappa shape index (κ3) is 1.94. The Morgan fingerprint density at radius 3 is 3.12 bits per heavy atom. The second-order valence-corrected chi connectivity index (χ2v) is 4.48. The van der Waals surface area contributed by atoms with Gasteiger partial charge in [-0.25, -0.2) is 4.79 Å². The molecule has 0 amide bonds. The number of aliphatic hydroxyl groups excluding tert-OH is 1. The molecule has 2 heterocycles. The van der Waals surface area contributed by atoms with Gasteiger partial charge in [0.2, 0.25) is 0 Å². The van der Waals surface area contributed by atoms with Crippen LogP contribution in [0.2, 0.25) is 0 Å². The SMILES string of the molecule is C[C@]1(CO)CO[C@@H](n2ccc(N)nc2=O)C1. The lowest BCUT2D eigenvalue weighted by Gasteiger charge is -2.18. The van der Waals surface area contributed by atoms with Crippen LogP contribution in [0.1, 0.15) is 19.6 Å². The molecule has 1 aliphatic rings. The smallest absolute Gasteiger partial charge is 0.351 e. The number of nitrogens with two attached hydrogens (primary N) is 1. The van der Waals surface area contributed by atoms with Crippen LogP contribution >= 0.6 is 0 Å². The molecule has 6 heteroatoms. The Bertz CT molecular complexity index is 445. The van der Waals surface area contributed by atoms with Crippen molar-refractivity contribution >= 4 is 5.82 Å². The Labute approximate surface area is 92.7 Å². The average molecular weight is 225 g/mol. The lowest BCUT2D eigenvalue weighted by molar-refractivity contribution is 0.0415. The lowest BCUT2D eigenvalue weighted by atomic mass is 9.90. The zero-order valence-corrected chi connectivity index (χ0v) is 9.09. The standard InChI is InChI=1S/C10H15N3O3/c1-10(5-14)4-8(16-6-10)13-3-2-7(11)12-9(13)15/h2-3,8,14H,4-6H2,1H3,(H2,11,12,15)/t8-,10+/m1/s1. The van der Waals surface area contributed by atoms with E-state index in [0.29, 0.717) is 13.0 Å². The predicted octanol–water partition coefficient (Wildman–Crippen LogP) is -0.257.